The molecular weight excluding hydrogens is 282 g/mol. The zero-order valence-corrected chi connectivity index (χ0v) is 12.4. The summed E-state index contributed by atoms with van der Waals surface area (Å²) in [6.45, 7) is 2.05. The van der Waals surface area contributed by atoms with Crippen LogP contribution in [-0.4, -0.2) is 10.1 Å². The maximum Gasteiger partial charge on any atom is 0.226 e. The predicted octanol–water partition coefficient (Wildman–Crippen LogP) is 4.65. The van der Waals surface area contributed by atoms with Crippen LogP contribution in [-0.2, 0) is 5.75 Å². The fourth-order valence-corrected chi connectivity index (χ4v) is 2.76. The first-order valence-corrected chi connectivity index (χ1v) is 7.63. The molecule has 1 heterocycles. The van der Waals surface area contributed by atoms with Crippen molar-refractivity contribution in [2.45, 2.75) is 17.6 Å². The number of rotatable bonds is 4. The maximum absolute atomic E-state index is 9.73. The summed E-state index contributed by atoms with van der Waals surface area (Å²) in [7, 11) is 0. The summed E-state index contributed by atoms with van der Waals surface area (Å²) in [4.78, 5) is 5.33. The molecule has 0 spiro atoms. The number of phenols is 1. The number of aromatic nitrogens is 1. The van der Waals surface area contributed by atoms with Crippen molar-refractivity contribution >= 4 is 11.8 Å². The Morgan fingerprint density at radius 2 is 1.86 bits per heavy atom. The number of oxazole rings is 1. The number of hydrogen-bond acceptors (Lipinski definition) is 4. The molecule has 0 saturated heterocycles. The normalized spacial score (nSPS) is 10.7. The summed E-state index contributed by atoms with van der Waals surface area (Å²) in [6, 6.07) is 15.4. The van der Waals surface area contributed by atoms with Crippen LogP contribution >= 0.6 is 11.8 Å². The Morgan fingerprint density at radius 1 is 1.10 bits per heavy atom. The fraction of sp³-hybridized carbons (Fsp3) is 0.118. The van der Waals surface area contributed by atoms with Crippen molar-refractivity contribution in [2.24, 2.45) is 0 Å². The van der Waals surface area contributed by atoms with Gasteiger partial charge in [-0.1, -0.05) is 29.8 Å². The first kappa shape index (κ1) is 13.8. The van der Waals surface area contributed by atoms with Crippen molar-refractivity contribution in [1.82, 2.24) is 4.98 Å². The van der Waals surface area contributed by atoms with Crippen LogP contribution < -0.4 is 0 Å². The molecular formula is C17H15NO2S. The molecule has 21 heavy (non-hydrogen) atoms. The third kappa shape index (κ3) is 3.28. The Labute approximate surface area is 127 Å². The van der Waals surface area contributed by atoms with Gasteiger partial charge in [0, 0.05) is 16.2 Å². The van der Waals surface area contributed by atoms with Gasteiger partial charge in [0.2, 0.25) is 5.89 Å². The van der Waals surface area contributed by atoms with Gasteiger partial charge in [-0.15, -0.1) is 11.8 Å². The molecule has 0 radical (unpaired) electrons. The zero-order valence-electron chi connectivity index (χ0n) is 11.6. The number of thioether (sulfide) groups is 1. The molecule has 1 N–H and O–H groups in total. The zero-order chi connectivity index (χ0) is 14.7. The summed E-state index contributed by atoms with van der Waals surface area (Å²) in [5.41, 5.74) is 3.04. The predicted molar refractivity (Wildman–Crippen MR) is 84.3 cm³/mol. The van der Waals surface area contributed by atoms with Crippen LogP contribution in [0.25, 0.3) is 11.5 Å². The smallest absolute Gasteiger partial charge is 0.226 e. The highest BCUT2D eigenvalue weighted by Gasteiger charge is 2.08. The Hall–Kier alpha value is -2.20. The molecule has 0 bridgehead atoms. The average Bonchev–Trinajstić information content (AvgIpc) is 2.96. The van der Waals surface area contributed by atoms with E-state index < -0.39 is 0 Å². The van der Waals surface area contributed by atoms with Gasteiger partial charge in [-0.3, -0.25) is 0 Å². The number of aromatic hydroxyl groups is 1. The molecule has 106 valence electrons. The number of phenolic OH excluding ortho intramolecular Hbond substituents is 1. The molecule has 1 aromatic heterocycles. The standard InChI is InChI=1S/C17H15NO2S/c1-12-6-8-13(9-7-12)17-18-14(10-20-17)11-21-16-5-3-2-4-15(16)19/h2-10,19H,11H2,1H3. The number of benzene rings is 2. The molecule has 0 aliphatic carbocycles. The summed E-state index contributed by atoms with van der Waals surface area (Å²) in [6.07, 6.45) is 1.67. The van der Waals surface area contributed by atoms with Gasteiger partial charge >= 0.3 is 0 Å². The van der Waals surface area contributed by atoms with E-state index in [1.165, 1.54) is 17.3 Å². The topological polar surface area (TPSA) is 46.3 Å². The van der Waals surface area contributed by atoms with E-state index >= 15 is 0 Å². The van der Waals surface area contributed by atoms with Crippen molar-refractivity contribution in [3.63, 3.8) is 0 Å². The molecule has 3 rings (SSSR count). The van der Waals surface area contributed by atoms with E-state index in [0.717, 1.165) is 16.2 Å². The molecule has 0 atom stereocenters. The minimum absolute atomic E-state index is 0.296. The van der Waals surface area contributed by atoms with Crippen LogP contribution in [0.2, 0.25) is 0 Å². The Balaban J connectivity index is 1.71. The first-order valence-electron chi connectivity index (χ1n) is 6.64. The monoisotopic (exact) mass is 297 g/mol. The lowest BCUT2D eigenvalue weighted by molar-refractivity contribution is 0.462. The van der Waals surface area contributed by atoms with Crippen LogP contribution in [0.15, 0.2) is 64.1 Å². The summed E-state index contributed by atoms with van der Waals surface area (Å²) in [5, 5.41) is 9.73. The van der Waals surface area contributed by atoms with Crippen LogP contribution in [0.4, 0.5) is 0 Å². The van der Waals surface area contributed by atoms with Gasteiger partial charge in [0.15, 0.2) is 0 Å². The van der Waals surface area contributed by atoms with Gasteiger partial charge in [0.05, 0.1) is 5.69 Å². The summed E-state index contributed by atoms with van der Waals surface area (Å²) in [5.74, 6) is 1.58. The molecule has 3 aromatic rings. The number of hydrogen-bond donors (Lipinski definition) is 1. The van der Waals surface area contributed by atoms with Crippen molar-refractivity contribution in [3.05, 3.63) is 66.1 Å². The van der Waals surface area contributed by atoms with E-state index in [2.05, 4.69) is 4.98 Å². The Kier molecular flexibility index (Phi) is 3.97. The van der Waals surface area contributed by atoms with E-state index in [9.17, 15) is 5.11 Å². The average molecular weight is 297 g/mol. The molecule has 0 fully saturated rings. The van der Waals surface area contributed by atoms with Crippen molar-refractivity contribution in [3.8, 4) is 17.2 Å². The van der Waals surface area contributed by atoms with Gasteiger partial charge in [-0.2, -0.15) is 0 Å². The van der Waals surface area contributed by atoms with E-state index in [4.69, 9.17) is 4.42 Å². The highest BCUT2D eigenvalue weighted by molar-refractivity contribution is 7.98. The molecule has 0 aliphatic heterocycles. The number of aryl methyl sites for hydroxylation is 1. The second-order valence-corrected chi connectivity index (χ2v) is 5.78. The molecule has 3 nitrogen and oxygen atoms in total. The second-order valence-electron chi connectivity index (χ2n) is 4.77. The van der Waals surface area contributed by atoms with Crippen LogP contribution in [0.5, 0.6) is 5.75 Å². The lowest BCUT2D eigenvalue weighted by Crippen LogP contribution is -1.83. The van der Waals surface area contributed by atoms with Crippen molar-refractivity contribution in [1.29, 1.82) is 0 Å². The largest absolute Gasteiger partial charge is 0.507 e. The lowest BCUT2D eigenvalue weighted by Gasteiger charge is -2.01. The molecule has 4 heteroatoms. The molecule has 0 amide bonds. The van der Waals surface area contributed by atoms with Crippen LogP contribution in [0, 0.1) is 6.92 Å². The van der Waals surface area contributed by atoms with Crippen molar-refractivity contribution < 1.29 is 9.52 Å². The maximum atomic E-state index is 9.73. The van der Waals surface area contributed by atoms with E-state index in [1.807, 2.05) is 49.4 Å². The molecule has 0 unspecified atom stereocenters. The third-order valence-electron chi connectivity index (χ3n) is 3.09. The SMILES string of the molecule is Cc1ccc(-c2nc(CSc3ccccc3O)co2)cc1. The van der Waals surface area contributed by atoms with Gasteiger partial charge in [0.1, 0.15) is 12.0 Å². The summed E-state index contributed by atoms with van der Waals surface area (Å²) >= 11 is 1.54. The third-order valence-corrected chi connectivity index (χ3v) is 4.19. The second kappa shape index (κ2) is 6.06. The highest BCUT2D eigenvalue weighted by Crippen LogP contribution is 2.30. The highest BCUT2D eigenvalue weighted by atomic mass is 32.2. The van der Waals surface area contributed by atoms with E-state index in [0.29, 0.717) is 17.4 Å². The lowest BCUT2D eigenvalue weighted by atomic mass is 10.1. The van der Waals surface area contributed by atoms with Crippen LogP contribution in [0.1, 0.15) is 11.3 Å². The van der Waals surface area contributed by atoms with Gasteiger partial charge in [-0.25, -0.2) is 4.98 Å². The first-order chi connectivity index (χ1) is 10.2. The Morgan fingerprint density at radius 3 is 2.62 bits per heavy atom. The van der Waals surface area contributed by atoms with Gasteiger partial charge in [0.25, 0.3) is 0 Å². The van der Waals surface area contributed by atoms with E-state index in [1.54, 1.807) is 12.3 Å². The minimum atomic E-state index is 0.296. The molecule has 2 aromatic carbocycles. The van der Waals surface area contributed by atoms with Gasteiger partial charge < -0.3 is 9.52 Å². The quantitative estimate of drug-likeness (QED) is 0.712. The summed E-state index contributed by atoms with van der Waals surface area (Å²) < 4.78 is 5.52. The number of nitrogens with zero attached hydrogens (tertiary/aromatic N) is 1. The minimum Gasteiger partial charge on any atom is -0.507 e. The van der Waals surface area contributed by atoms with Gasteiger partial charge in [-0.05, 0) is 31.2 Å². The van der Waals surface area contributed by atoms with Crippen molar-refractivity contribution in [2.75, 3.05) is 0 Å². The molecule has 0 aliphatic rings. The Bertz CT molecular complexity index is 735. The number of para-hydroxylation sites is 1. The fourth-order valence-electron chi connectivity index (χ4n) is 1.93. The van der Waals surface area contributed by atoms with E-state index in [-0.39, 0.29) is 0 Å². The molecule has 0 saturated carbocycles. The van der Waals surface area contributed by atoms with Crippen LogP contribution in [0.3, 0.4) is 0 Å².